The average molecular weight is 387 g/mol. The topological polar surface area (TPSA) is 76.1 Å². The molecule has 0 saturated heterocycles. The Morgan fingerprint density at radius 2 is 2.00 bits per heavy atom. The van der Waals surface area contributed by atoms with Gasteiger partial charge in [-0.05, 0) is 37.3 Å². The number of carbonyl (C=O) groups is 1. The number of hydrogen-bond donors (Lipinski definition) is 2. The van der Waals surface area contributed by atoms with Crippen LogP contribution >= 0.6 is 11.6 Å². The van der Waals surface area contributed by atoms with Gasteiger partial charge in [-0.25, -0.2) is 14.4 Å². The summed E-state index contributed by atoms with van der Waals surface area (Å²) in [4.78, 5) is 20.6. The van der Waals surface area contributed by atoms with Gasteiger partial charge in [-0.15, -0.1) is 0 Å². The second-order valence-corrected chi connectivity index (χ2v) is 5.83. The summed E-state index contributed by atoms with van der Waals surface area (Å²) < 4.78 is 18.7. The first-order valence-electron chi connectivity index (χ1n) is 8.14. The summed E-state index contributed by atoms with van der Waals surface area (Å²) in [5.74, 6) is 0.0513. The van der Waals surface area contributed by atoms with Crippen molar-refractivity contribution in [2.45, 2.75) is 6.92 Å². The van der Waals surface area contributed by atoms with Crippen LogP contribution in [0.15, 0.2) is 54.9 Å². The predicted octanol–water partition coefficient (Wildman–Crippen LogP) is 4.66. The van der Waals surface area contributed by atoms with Crippen LogP contribution in [-0.2, 0) is 0 Å². The van der Waals surface area contributed by atoms with Gasteiger partial charge < -0.3 is 15.4 Å². The van der Waals surface area contributed by atoms with Crippen molar-refractivity contribution in [3.05, 3.63) is 71.4 Å². The number of rotatable bonds is 6. The van der Waals surface area contributed by atoms with Gasteiger partial charge in [0.1, 0.15) is 23.1 Å². The zero-order chi connectivity index (χ0) is 19.2. The largest absolute Gasteiger partial charge is 0.492 e. The van der Waals surface area contributed by atoms with Crippen LogP contribution in [0, 0.1) is 5.82 Å². The smallest absolute Gasteiger partial charge is 0.275 e. The molecular formula is C19H16ClFN4O2. The number of ether oxygens (including phenoxy) is 1. The number of amides is 1. The summed E-state index contributed by atoms with van der Waals surface area (Å²) in [6.07, 6.45) is 2.74. The summed E-state index contributed by atoms with van der Waals surface area (Å²) >= 11 is 5.74. The molecule has 0 aliphatic heterocycles. The molecule has 27 heavy (non-hydrogen) atoms. The maximum absolute atomic E-state index is 13.2. The van der Waals surface area contributed by atoms with Gasteiger partial charge in [0.05, 0.1) is 29.7 Å². The van der Waals surface area contributed by atoms with Crippen LogP contribution in [0.25, 0.3) is 0 Å². The number of halogens is 2. The quantitative estimate of drug-likeness (QED) is 0.644. The molecule has 0 radical (unpaired) electrons. The highest BCUT2D eigenvalue weighted by Crippen LogP contribution is 2.24. The Kier molecular flexibility index (Phi) is 5.83. The first-order chi connectivity index (χ1) is 13.1. The Morgan fingerprint density at radius 3 is 2.70 bits per heavy atom. The zero-order valence-corrected chi connectivity index (χ0v) is 15.1. The van der Waals surface area contributed by atoms with Crippen molar-refractivity contribution in [2.75, 3.05) is 17.2 Å². The fraction of sp³-hybridized carbons (Fsp3) is 0.105. The molecule has 0 saturated carbocycles. The standard InChI is InChI=1S/C19H16ClFN4O2/c1-2-27-17-6-4-3-5-15(17)25-19(26)16-10-23-18(11-22-16)24-12-7-8-14(21)13(20)9-12/h3-11H,2H2,1H3,(H,23,24)(H,25,26). The molecule has 0 unspecified atom stereocenters. The lowest BCUT2D eigenvalue weighted by Gasteiger charge is -2.11. The molecule has 3 aromatic rings. The minimum absolute atomic E-state index is 0.00285. The van der Waals surface area contributed by atoms with Crippen LogP contribution in [0.3, 0.4) is 0 Å². The molecule has 0 atom stereocenters. The van der Waals surface area contributed by atoms with Crippen molar-refractivity contribution in [3.63, 3.8) is 0 Å². The molecule has 8 heteroatoms. The molecule has 0 aliphatic rings. The Morgan fingerprint density at radius 1 is 1.19 bits per heavy atom. The Balaban J connectivity index is 1.69. The molecule has 3 rings (SSSR count). The van der Waals surface area contributed by atoms with Gasteiger partial charge >= 0.3 is 0 Å². The van der Waals surface area contributed by atoms with E-state index < -0.39 is 11.7 Å². The van der Waals surface area contributed by atoms with Crippen molar-refractivity contribution < 1.29 is 13.9 Å². The summed E-state index contributed by atoms with van der Waals surface area (Å²) in [5, 5.41) is 5.68. The van der Waals surface area contributed by atoms with Gasteiger partial charge in [0.15, 0.2) is 0 Å². The van der Waals surface area contributed by atoms with E-state index in [2.05, 4.69) is 20.6 Å². The highest BCUT2D eigenvalue weighted by atomic mass is 35.5. The van der Waals surface area contributed by atoms with Crippen molar-refractivity contribution in [2.24, 2.45) is 0 Å². The minimum atomic E-state index is -0.507. The molecule has 1 aromatic heterocycles. The predicted molar refractivity (Wildman–Crippen MR) is 102 cm³/mol. The lowest BCUT2D eigenvalue weighted by Crippen LogP contribution is -2.15. The molecule has 1 amide bonds. The second-order valence-electron chi connectivity index (χ2n) is 5.42. The first kappa shape index (κ1) is 18.6. The number of nitrogens with zero attached hydrogens (tertiary/aromatic N) is 2. The van der Waals surface area contributed by atoms with Crippen molar-refractivity contribution in [1.29, 1.82) is 0 Å². The lowest BCUT2D eigenvalue weighted by molar-refractivity contribution is 0.102. The fourth-order valence-electron chi connectivity index (χ4n) is 2.27. The van der Waals surface area contributed by atoms with E-state index in [0.29, 0.717) is 29.5 Å². The van der Waals surface area contributed by atoms with Gasteiger partial charge in [-0.3, -0.25) is 4.79 Å². The summed E-state index contributed by atoms with van der Waals surface area (Å²) in [6.45, 7) is 2.35. The fourth-order valence-corrected chi connectivity index (χ4v) is 2.45. The number of hydrogen-bond acceptors (Lipinski definition) is 5. The number of aromatic nitrogens is 2. The zero-order valence-electron chi connectivity index (χ0n) is 14.4. The van der Waals surface area contributed by atoms with Gasteiger partial charge in [-0.1, -0.05) is 23.7 Å². The Bertz CT molecular complexity index is 951. The van der Waals surface area contributed by atoms with E-state index in [-0.39, 0.29) is 10.7 Å². The van der Waals surface area contributed by atoms with E-state index >= 15 is 0 Å². The van der Waals surface area contributed by atoms with Gasteiger partial charge in [-0.2, -0.15) is 0 Å². The van der Waals surface area contributed by atoms with E-state index in [1.54, 1.807) is 18.2 Å². The molecule has 0 fully saturated rings. The number of nitrogens with one attached hydrogen (secondary N) is 2. The first-order valence-corrected chi connectivity index (χ1v) is 8.52. The van der Waals surface area contributed by atoms with E-state index in [1.807, 2.05) is 13.0 Å². The van der Waals surface area contributed by atoms with E-state index in [1.165, 1.54) is 30.6 Å². The minimum Gasteiger partial charge on any atom is -0.492 e. The highest BCUT2D eigenvalue weighted by molar-refractivity contribution is 6.31. The molecule has 0 spiro atoms. The molecule has 138 valence electrons. The third kappa shape index (κ3) is 4.71. The number of anilines is 3. The summed E-state index contributed by atoms with van der Waals surface area (Å²) in [6, 6.07) is 11.3. The van der Waals surface area contributed by atoms with Crippen LogP contribution in [-0.4, -0.2) is 22.5 Å². The van der Waals surface area contributed by atoms with E-state index in [4.69, 9.17) is 16.3 Å². The SMILES string of the molecule is CCOc1ccccc1NC(=O)c1cnc(Nc2ccc(F)c(Cl)c2)cn1. The van der Waals surface area contributed by atoms with Gasteiger partial charge in [0.2, 0.25) is 0 Å². The molecule has 1 heterocycles. The third-order valence-corrected chi connectivity index (χ3v) is 3.80. The van der Waals surface area contributed by atoms with Crippen LogP contribution in [0.5, 0.6) is 5.75 Å². The maximum Gasteiger partial charge on any atom is 0.275 e. The number of para-hydroxylation sites is 2. The number of carbonyl (C=O) groups excluding carboxylic acids is 1. The normalized spacial score (nSPS) is 10.3. The lowest BCUT2D eigenvalue weighted by atomic mass is 10.3. The van der Waals surface area contributed by atoms with Gasteiger partial charge in [0, 0.05) is 5.69 Å². The molecule has 2 N–H and O–H groups in total. The van der Waals surface area contributed by atoms with Crippen molar-refractivity contribution in [3.8, 4) is 5.75 Å². The van der Waals surface area contributed by atoms with E-state index in [0.717, 1.165) is 0 Å². The van der Waals surface area contributed by atoms with Crippen LogP contribution in [0.2, 0.25) is 5.02 Å². The maximum atomic E-state index is 13.2. The summed E-state index contributed by atoms with van der Waals surface area (Å²) in [7, 11) is 0. The third-order valence-electron chi connectivity index (χ3n) is 3.51. The highest BCUT2D eigenvalue weighted by Gasteiger charge is 2.12. The number of benzene rings is 2. The summed E-state index contributed by atoms with van der Waals surface area (Å²) in [5.41, 5.74) is 1.25. The second kappa shape index (κ2) is 8.46. The monoisotopic (exact) mass is 386 g/mol. The molecule has 2 aromatic carbocycles. The van der Waals surface area contributed by atoms with Crippen LogP contribution in [0.1, 0.15) is 17.4 Å². The van der Waals surface area contributed by atoms with Crippen molar-refractivity contribution in [1.82, 2.24) is 9.97 Å². The Labute approximate surface area is 160 Å². The average Bonchev–Trinajstić information content (AvgIpc) is 2.67. The van der Waals surface area contributed by atoms with E-state index in [9.17, 15) is 9.18 Å². The van der Waals surface area contributed by atoms with Crippen molar-refractivity contribution >= 4 is 34.7 Å². The molecule has 6 nitrogen and oxygen atoms in total. The molecule has 0 bridgehead atoms. The molecular weight excluding hydrogens is 371 g/mol. The van der Waals surface area contributed by atoms with Crippen LogP contribution in [0.4, 0.5) is 21.6 Å². The van der Waals surface area contributed by atoms with Gasteiger partial charge in [0.25, 0.3) is 5.91 Å². The van der Waals surface area contributed by atoms with Crippen LogP contribution < -0.4 is 15.4 Å². The molecule has 0 aliphatic carbocycles. The Hall–Kier alpha value is -3.19.